The van der Waals surface area contributed by atoms with Crippen LogP contribution in [0.1, 0.15) is 50.3 Å². The number of hydrogen-bond acceptors (Lipinski definition) is 3. The number of methoxy groups -OCH3 is 1. The summed E-state index contributed by atoms with van der Waals surface area (Å²) in [7, 11) is 1.62. The molecule has 2 aliphatic heterocycles. The van der Waals surface area contributed by atoms with E-state index in [-0.39, 0.29) is 5.75 Å². The highest BCUT2D eigenvalue weighted by Crippen LogP contribution is 2.43. The molecule has 0 spiro atoms. The van der Waals surface area contributed by atoms with E-state index in [1.807, 2.05) is 12.1 Å². The van der Waals surface area contributed by atoms with Crippen LogP contribution < -0.4 is 4.74 Å². The largest absolute Gasteiger partial charge is 0.504 e. The number of fused-ring (bicyclic) bond motifs is 3. The number of piperidine rings is 1. The van der Waals surface area contributed by atoms with Crippen molar-refractivity contribution >= 4 is 0 Å². The number of aromatic hydroxyl groups is 1. The van der Waals surface area contributed by atoms with Crippen LogP contribution in [0.2, 0.25) is 0 Å². The van der Waals surface area contributed by atoms with Crippen LogP contribution in [-0.2, 0) is 6.42 Å². The van der Waals surface area contributed by atoms with E-state index in [2.05, 4.69) is 18.7 Å². The van der Waals surface area contributed by atoms with Gasteiger partial charge in [-0.15, -0.1) is 0 Å². The molecule has 3 heteroatoms. The van der Waals surface area contributed by atoms with Gasteiger partial charge in [0.25, 0.3) is 0 Å². The summed E-state index contributed by atoms with van der Waals surface area (Å²) in [5.41, 5.74) is 2.68. The first-order valence-electron chi connectivity index (χ1n) is 8.22. The van der Waals surface area contributed by atoms with Gasteiger partial charge in [0.15, 0.2) is 11.5 Å². The Balaban J connectivity index is 1.80. The molecule has 116 valence electrons. The second kappa shape index (κ2) is 5.88. The molecule has 21 heavy (non-hydrogen) atoms. The Labute approximate surface area is 127 Å². The van der Waals surface area contributed by atoms with E-state index in [4.69, 9.17) is 4.74 Å². The topological polar surface area (TPSA) is 32.7 Å². The molecule has 2 heterocycles. The third-order valence-corrected chi connectivity index (χ3v) is 5.05. The van der Waals surface area contributed by atoms with Gasteiger partial charge in [-0.05, 0) is 60.8 Å². The van der Waals surface area contributed by atoms with Crippen LogP contribution in [-0.4, -0.2) is 30.2 Å². The lowest BCUT2D eigenvalue weighted by Crippen LogP contribution is -2.42. The van der Waals surface area contributed by atoms with Gasteiger partial charge in [0.05, 0.1) is 7.11 Å². The Morgan fingerprint density at radius 3 is 2.86 bits per heavy atom. The smallest absolute Gasteiger partial charge is 0.160 e. The van der Waals surface area contributed by atoms with Crippen molar-refractivity contribution in [1.29, 1.82) is 0 Å². The first kappa shape index (κ1) is 14.7. The van der Waals surface area contributed by atoms with Gasteiger partial charge in [0.2, 0.25) is 0 Å². The third-order valence-electron chi connectivity index (χ3n) is 5.05. The second-order valence-corrected chi connectivity index (χ2v) is 7.06. The van der Waals surface area contributed by atoms with E-state index in [1.165, 1.54) is 36.9 Å². The van der Waals surface area contributed by atoms with Crippen molar-refractivity contribution in [3.05, 3.63) is 23.3 Å². The Hall–Kier alpha value is -1.22. The average Bonchev–Trinajstić information content (AvgIpc) is 2.45. The fourth-order valence-corrected chi connectivity index (χ4v) is 4.17. The van der Waals surface area contributed by atoms with Crippen LogP contribution in [0, 0.1) is 11.8 Å². The van der Waals surface area contributed by atoms with Crippen molar-refractivity contribution in [3.63, 3.8) is 0 Å². The standard InChI is InChI=1S/C18H27NO2/c1-12(2)8-13-4-5-16-15-10-17(20)18(21-3)9-14(15)6-7-19(16)11-13/h9-10,12-13,16,20H,4-8,11H2,1-3H3/t13-,16?/m1/s1. The molecule has 0 bridgehead atoms. The Bertz CT molecular complexity index is 512. The van der Waals surface area contributed by atoms with Crippen LogP contribution in [0.4, 0.5) is 0 Å². The summed E-state index contributed by atoms with van der Waals surface area (Å²) in [5.74, 6) is 2.52. The van der Waals surface area contributed by atoms with Crippen molar-refractivity contribution in [3.8, 4) is 11.5 Å². The summed E-state index contributed by atoms with van der Waals surface area (Å²) in [6, 6.07) is 4.46. The minimum absolute atomic E-state index is 0.280. The van der Waals surface area contributed by atoms with Crippen molar-refractivity contribution in [2.75, 3.05) is 20.2 Å². The Morgan fingerprint density at radius 1 is 1.33 bits per heavy atom. The van der Waals surface area contributed by atoms with Gasteiger partial charge in [-0.2, -0.15) is 0 Å². The predicted molar refractivity (Wildman–Crippen MR) is 84.9 cm³/mol. The molecule has 0 amide bonds. The monoisotopic (exact) mass is 289 g/mol. The lowest BCUT2D eigenvalue weighted by molar-refractivity contribution is 0.0894. The molecule has 0 aliphatic carbocycles. The lowest BCUT2D eigenvalue weighted by atomic mass is 9.81. The van der Waals surface area contributed by atoms with Crippen molar-refractivity contribution in [1.82, 2.24) is 4.90 Å². The molecule has 1 aromatic rings. The minimum Gasteiger partial charge on any atom is -0.504 e. The molecule has 0 saturated carbocycles. The fraction of sp³-hybridized carbons (Fsp3) is 0.667. The van der Waals surface area contributed by atoms with Gasteiger partial charge in [-0.1, -0.05) is 13.8 Å². The molecule has 0 radical (unpaired) electrons. The van der Waals surface area contributed by atoms with Gasteiger partial charge in [0, 0.05) is 19.1 Å². The summed E-state index contributed by atoms with van der Waals surface area (Å²) in [4.78, 5) is 2.63. The molecule has 1 saturated heterocycles. The number of ether oxygens (including phenoxy) is 1. The summed E-state index contributed by atoms with van der Waals surface area (Å²) < 4.78 is 5.24. The summed E-state index contributed by atoms with van der Waals surface area (Å²) in [5, 5.41) is 10.1. The summed E-state index contributed by atoms with van der Waals surface area (Å²) in [6.07, 6.45) is 4.93. The highest BCUT2D eigenvalue weighted by molar-refractivity contribution is 5.48. The SMILES string of the molecule is COc1cc2c(cc1O)C1CC[C@H](CC(C)C)CN1CC2. The molecule has 1 fully saturated rings. The van der Waals surface area contributed by atoms with Gasteiger partial charge < -0.3 is 9.84 Å². The highest BCUT2D eigenvalue weighted by Gasteiger charge is 2.34. The van der Waals surface area contributed by atoms with Crippen LogP contribution >= 0.6 is 0 Å². The number of hydrogen-bond donors (Lipinski definition) is 1. The molecule has 1 N–H and O–H groups in total. The van der Waals surface area contributed by atoms with Crippen molar-refractivity contribution < 1.29 is 9.84 Å². The maximum Gasteiger partial charge on any atom is 0.160 e. The molecular weight excluding hydrogens is 262 g/mol. The maximum absolute atomic E-state index is 10.1. The van der Waals surface area contributed by atoms with E-state index in [0.29, 0.717) is 11.8 Å². The average molecular weight is 289 g/mol. The van der Waals surface area contributed by atoms with Crippen molar-refractivity contribution in [2.45, 2.75) is 45.6 Å². The summed E-state index contributed by atoms with van der Waals surface area (Å²) in [6.45, 7) is 7.00. The predicted octanol–water partition coefficient (Wildman–Crippen LogP) is 3.76. The number of rotatable bonds is 3. The molecule has 1 unspecified atom stereocenters. The molecule has 2 aliphatic rings. The van der Waals surface area contributed by atoms with Crippen LogP contribution in [0.25, 0.3) is 0 Å². The van der Waals surface area contributed by atoms with E-state index in [0.717, 1.165) is 24.8 Å². The quantitative estimate of drug-likeness (QED) is 0.919. The van der Waals surface area contributed by atoms with Crippen LogP contribution in [0.5, 0.6) is 11.5 Å². The zero-order valence-corrected chi connectivity index (χ0v) is 13.4. The number of benzene rings is 1. The van der Waals surface area contributed by atoms with Gasteiger partial charge in [0.1, 0.15) is 0 Å². The molecular formula is C18H27NO2. The Morgan fingerprint density at radius 2 is 2.14 bits per heavy atom. The molecule has 3 rings (SSSR count). The maximum atomic E-state index is 10.1. The molecule has 2 atom stereocenters. The number of nitrogens with zero attached hydrogens (tertiary/aromatic N) is 1. The van der Waals surface area contributed by atoms with E-state index < -0.39 is 0 Å². The number of phenolic OH excluding ortho intramolecular Hbond substituents is 1. The Kier molecular flexibility index (Phi) is 4.12. The van der Waals surface area contributed by atoms with Crippen LogP contribution in [0.3, 0.4) is 0 Å². The van der Waals surface area contributed by atoms with E-state index >= 15 is 0 Å². The second-order valence-electron chi connectivity index (χ2n) is 7.06. The minimum atomic E-state index is 0.280. The van der Waals surface area contributed by atoms with E-state index in [9.17, 15) is 5.11 Å². The van der Waals surface area contributed by atoms with Crippen molar-refractivity contribution in [2.24, 2.45) is 11.8 Å². The van der Waals surface area contributed by atoms with Gasteiger partial charge >= 0.3 is 0 Å². The molecule has 1 aromatic carbocycles. The van der Waals surface area contributed by atoms with Gasteiger partial charge in [-0.25, -0.2) is 0 Å². The summed E-state index contributed by atoms with van der Waals surface area (Å²) >= 11 is 0. The lowest BCUT2D eigenvalue weighted by Gasteiger charge is -2.44. The van der Waals surface area contributed by atoms with Gasteiger partial charge in [-0.3, -0.25) is 4.90 Å². The fourth-order valence-electron chi connectivity index (χ4n) is 4.17. The first-order chi connectivity index (χ1) is 10.1. The number of phenols is 1. The normalized spacial score (nSPS) is 25.5. The highest BCUT2D eigenvalue weighted by atomic mass is 16.5. The molecule has 3 nitrogen and oxygen atoms in total. The van der Waals surface area contributed by atoms with Crippen LogP contribution in [0.15, 0.2) is 12.1 Å². The zero-order valence-electron chi connectivity index (χ0n) is 13.4. The first-order valence-corrected chi connectivity index (χ1v) is 8.22. The van der Waals surface area contributed by atoms with E-state index in [1.54, 1.807) is 7.11 Å². The third kappa shape index (κ3) is 2.89. The molecule has 0 aromatic heterocycles. The zero-order chi connectivity index (χ0) is 15.0.